The van der Waals surface area contributed by atoms with Gasteiger partial charge in [0.1, 0.15) is 0 Å². The van der Waals surface area contributed by atoms with E-state index in [4.69, 9.17) is 23.2 Å². The van der Waals surface area contributed by atoms with Gasteiger partial charge in [-0.25, -0.2) is 0 Å². The van der Waals surface area contributed by atoms with E-state index in [9.17, 15) is 4.79 Å². The van der Waals surface area contributed by atoms with Crippen molar-refractivity contribution in [2.24, 2.45) is 5.92 Å². The molecule has 0 unspecified atom stereocenters. The zero-order valence-electron chi connectivity index (χ0n) is 18.0. The van der Waals surface area contributed by atoms with Crippen molar-refractivity contribution in [1.29, 1.82) is 0 Å². The summed E-state index contributed by atoms with van der Waals surface area (Å²) < 4.78 is 2.07. The molecule has 0 bridgehead atoms. The summed E-state index contributed by atoms with van der Waals surface area (Å²) in [5.74, 6) is 1.45. The molecule has 8 heteroatoms. The molecule has 0 saturated carbocycles. The second-order valence-electron chi connectivity index (χ2n) is 7.68. The van der Waals surface area contributed by atoms with Crippen LogP contribution in [0.15, 0.2) is 47.6 Å². The Balaban J connectivity index is 1.79. The number of hydrogen-bond donors (Lipinski definition) is 1. The molecule has 0 aliphatic rings. The van der Waals surface area contributed by atoms with Gasteiger partial charge in [-0.3, -0.25) is 4.79 Å². The molecule has 1 N–H and O–H groups in total. The van der Waals surface area contributed by atoms with Crippen LogP contribution in [0.3, 0.4) is 0 Å². The van der Waals surface area contributed by atoms with Gasteiger partial charge in [-0.15, -0.1) is 10.2 Å². The molecule has 0 radical (unpaired) electrons. The average Bonchev–Trinajstić information content (AvgIpc) is 3.15. The van der Waals surface area contributed by atoms with Crippen LogP contribution >= 0.6 is 35.0 Å². The maximum atomic E-state index is 12.9. The van der Waals surface area contributed by atoms with E-state index in [2.05, 4.69) is 58.2 Å². The maximum absolute atomic E-state index is 12.9. The molecule has 0 saturated heterocycles. The molecule has 1 amide bonds. The van der Waals surface area contributed by atoms with E-state index in [1.165, 1.54) is 11.1 Å². The van der Waals surface area contributed by atoms with Crippen LogP contribution < -0.4 is 5.32 Å². The smallest absolute Gasteiger partial charge is 0.251 e. The van der Waals surface area contributed by atoms with Gasteiger partial charge in [0, 0.05) is 17.9 Å². The summed E-state index contributed by atoms with van der Waals surface area (Å²) in [5, 5.41) is 13.6. The summed E-state index contributed by atoms with van der Waals surface area (Å²) in [6.45, 7) is 8.95. The predicted octanol–water partition coefficient (Wildman–Crippen LogP) is 6.33. The summed E-state index contributed by atoms with van der Waals surface area (Å²) in [6, 6.07) is 13.0. The minimum atomic E-state index is -0.289. The van der Waals surface area contributed by atoms with Gasteiger partial charge in [-0.05, 0) is 43.5 Å². The van der Waals surface area contributed by atoms with Gasteiger partial charge in [-0.2, -0.15) is 0 Å². The lowest BCUT2D eigenvalue weighted by Crippen LogP contribution is -2.33. The first-order valence-electron chi connectivity index (χ1n) is 10.2. The molecule has 5 nitrogen and oxygen atoms in total. The van der Waals surface area contributed by atoms with E-state index in [0.717, 1.165) is 16.7 Å². The first kappa shape index (κ1) is 23.6. The summed E-state index contributed by atoms with van der Waals surface area (Å²) >= 11 is 13.7. The highest BCUT2D eigenvalue weighted by Crippen LogP contribution is 2.28. The first-order valence-corrected chi connectivity index (χ1v) is 11.9. The predicted molar refractivity (Wildman–Crippen MR) is 128 cm³/mol. The number of aryl methyl sites for hydroxylation is 1. The van der Waals surface area contributed by atoms with Crippen molar-refractivity contribution < 1.29 is 4.79 Å². The van der Waals surface area contributed by atoms with Crippen LogP contribution in [0.25, 0.3) is 0 Å². The lowest BCUT2D eigenvalue weighted by Gasteiger charge is -2.22. The standard InChI is InChI=1S/C23H26Cl2N4OS/c1-5-29-21(27-28-23(29)31-13-16-8-6-15(4)7-9-16)20(14(2)3)26-22(30)17-10-11-18(24)19(25)12-17/h6-12,14,20H,5,13H2,1-4H3,(H,26,30)/t20-/m1/s1. The lowest BCUT2D eigenvalue weighted by molar-refractivity contribution is 0.0922. The second-order valence-corrected chi connectivity index (χ2v) is 9.44. The van der Waals surface area contributed by atoms with Gasteiger partial charge in [0.2, 0.25) is 0 Å². The monoisotopic (exact) mass is 476 g/mol. The summed E-state index contributed by atoms with van der Waals surface area (Å²) in [5.41, 5.74) is 2.93. The fraction of sp³-hybridized carbons (Fsp3) is 0.348. The Morgan fingerprint density at radius 2 is 1.81 bits per heavy atom. The van der Waals surface area contributed by atoms with E-state index >= 15 is 0 Å². The van der Waals surface area contributed by atoms with Crippen LogP contribution in [0.4, 0.5) is 0 Å². The highest BCUT2D eigenvalue weighted by Gasteiger charge is 2.26. The van der Waals surface area contributed by atoms with Crippen LogP contribution in [0.5, 0.6) is 0 Å². The number of halogens is 2. The van der Waals surface area contributed by atoms with Gasteiger partial charge in [0.15, 0.2) is 11.0 Å². The van der Waals surface area contributed by atoms with Gasteiger partial charge in [0.05, 0.1) is 16.1 Å². The lowest BCUT2D eigenvalue weighted by atomic mass is 10.0. The van der Waals surface area contributed by atoms with Gasteiger partial charge >= 0.3 is 0 Å². The van der Waals surface area contributed by atoms with Crippen molar-refractivity contribution in [2.45, 2.75) is 51.2 Å². The van der Waals surface area contributed by atoms with Crippen LogP contribution in [0.2, 0.25) is 10.0 Å². The quantitative estimate of drug-likeness (QED) is 0.385. The maximum Gasteiger partial charge on any atom is 0.251 e. The van der Waals surface area contributed by atoms with Crippen LogP contribution in [-0.2, 0) is 12.3 Å². The van der Waals surface area contributed by atoms with Crippen molar-refractivity contribution in [3.63, 3.8) is 0 Å². The molecule has 2 aromatic carbocycles. The number of carbonyl (C=O) groups is 1. The van der Waals surface area contributed by atoms with Crippen molar-refractivity contribution in [1.82, 2.24) is 20.1 Å². The third-order valence-corrected chi connectivity index (χ3v) is 6.74. The highest BCUT2D eigenvalue weighted by atomic mass is 35.5. The number of aromatic nitrogens is 3. The van der Waals surface area contributed by atoms with Crippen molar-refractivity contribution in [3.8, 4) is 0 Å². The molecule has 1 atom stereocenters. The van der Waals surface area contributed by atoms with Crippen LogP contribution in [-0.4, -0.2) is 20.7 Å². The molecule has 0 fully saturated rings. The third-order valence-electron chi connectivity index (χ3n) is 4.96. The number of amides is 1. The Labute approximate surface area is 197 Å². The summed E-state index contributed by atoms with van der Waals surface area (Å²) in [6.07, 6.45) is 0. The number of nitrogens with one attached hydrogen (secondary N) is 1. The van der Waals surface area contributed by atoms with Crippen molar-refractivity contribution in [2.75, 3.05) is 0 Å². The Morgan fingerprint density at radius 1 is 1.10 bits per heavy atom. The third kappa shape index (κ3) is 5.82. The first-order chi connectivity index (χ1) is 14.8. The normalized spacial score (nSPS) is 12.2. The minimum absolute atomic E-state index is 0.121. The molecule has 31 heavy (non-hydrogen) atoms. The van der Waals surface area contributed by atoms with E-state index in [1.807, 2.05) is 13.8 Å². The van der Waals surface area contributed by atoms with Gasteiger partial charge in [-0.1, -0.05) is 78.6 Å². The van der Waals surface area contributed by atoms with Crippen molar-refractivity contribution in [3.05, 3.63) is 75.0 Å². The molecule has 0 spiro atoms. The largest absolute Gasteiger partial charge is 0.342 e. The molecule has 1 aromatic heterocycles. The number of benzene rings is 2. The topological polar surface area (TPSA) is 59.8 Å². The fourth-order valence-electron chi connectivity index (χ4n) is 3.16. The number of rotatable bonds is 8. The minimum Gasteiger partial charge on any atom is -0.342 e. The van der Waals surface area contributed by atoms with E-state index < -0.39 is 0 Å². The van der Waals surface area contributed by atoms with Gasteiger partial charge in [0.25, 0.3) is 5.91 Å². The molecular formula is C23H26Cl2N4OS. The average molecular weight is 477 g/mol. The second kappa shape index (κ2) is 10.5. The Kier molecular flexibility index (Phi) is 8.03. The van der Waals surface area contributed by atoms with Crippen LogP contribution in [0.1, 0.15) is 54.1 Å². The SMILES string of the molecule is CCn1c(SCc2ccc(C)cc2)nnc1[C@H](NC(=O)c1ccc(Cl)c(Cl)c1)C(C)C. The Hall–Kier alpha value is -2.02. The molecule has 3 aromatic rings. The van der Waals surface area contributed by atoms with E-state index in [0.29, 0.717) is 22.2 Å². The Morgan fingerprint density at radius 3 is 2.42 bits per heavy atom. The number of nitrogens with zero attached hydrogens (tertiary/aromatic N) is 3. The Bertz CT molecular complexity index is 1050. The molecular weight excluding hydrogens is 451 g/mol. The summed E-state index contributed by atoms with van der Waals surface area (Å²) in [7, 11) is 0. The van der Waals surface area contributed by atoms with Crippen molar-refractivity contribution >= 4 is 40.9 Å². The van der Waals surface area contributed by atoms with E-state index in [-0.39, 0.29) is 17.9 Å². The zero-order chi connectivity index (χ0) is 22.5. The van der Waals surface area contributed by atoms with Gasteiger partial charge < -0.3 is 9.88 Å². The molecule has 164 valence electrons. The molecule has 0 aliphatic heterocycles. The number of hydrogen-bond acceptors (Lipinski definition) is 4. The fourth-order valence-corrected chi connectivity index (χ4v) is 4.42. The summed E-state index contributed by atoms with van der Waals surface area (Å²) in [4.78, 5) is 12.9. The van der Waals surface area contributed by atoms with Crippen LogP contribution in [0, 0.1) is 12.8 Å². The number of thioether (sulfide) groups is 1. The molecule has 3 rings (SSSR count). The zero-order valence-corrected chi connectivity index (χ0v) is 20.4. The highest BCUT2D eigenvalue weighted by molar-refractivity contribution is 7.98. The van der Waals surface area contributed by atoms with E-state index in [1.54, 1.807) is 30.0 Å². The molecule has 0 aliphatic carbocycles. The number of carbonyl (C=O) groups excluding carboxylic acids is 1. The molecule has 1 heterocycles.